The number of ether oxygens (including phenoxy) is 1. The first-order valence-corrected chi connectivity index (χ1v) is 9.65. The first kappa shape index (κ1) is 18.1. The Balaban J connectivity index is 1.66. The molecule has 0 aliphatic carbocycles. The Bertz CT molecular complexity index is 844. The topological polar surface area (TPSA) is 51.2 Å². The van der Waals surface area contributed by atoms with Crippen LogP contribution in [0.1, 0.15) is 25.8 Å². The summed E-state index contributed by atoms with van der Waals surface area (Å²) in [5, 5.41) is 5.41. The number of nitrogens with zero attached hydrogens (tertiary/aromatic N) is 1. The maximum Gasteiger partial charge on any atom is 0.267 e. The molecule has 134 valence electrons. The summed E-state index contributed by atoms with van der Waals surface area (Å²) in [7, 11) is 0. The molecule has 0 radical (unpaired) electrons. The number of rotatable bonds is 7. The van der Waals surface area contributed by atoms with Gasteiger partial charge >= 0.3 is 0 Å². The van der Waals surface area contributed by atoms with Crippen molar-refractivity contribution in [1.82, 2.24) is 4.98 Å². The molecule has 1 amide bonds. The first-order chi connectivity index (χ1) is 12.7. The van der Waals surface area contributed by atoms with Crippen LogP contribution in [-0.2, 0) is 11.2 Å². The molecule has 0 saturated carbocycles. The van der Waals surface area contributed by atoms with E-state index >= 15 is 0 Å². The minimum atomic E-state index is -0.548. The Kier molecular flexibility index (Phi) is 6.02. The Hall–Kier alpha value is -2.66. The molecule has 5 heteroatoms. The van der Waals surface area contributed by atoms with E-state index in [0.29, 0.717) is 17.3 Å². The van der Waals surface area contributed by atoms with E-state index in [0.717, 1.165) is 17.7 Å². The monoisotopic (exact) mass is 366 g/mol. The van der Waals surface area contributed by atoms with E-state index in [9.17, 15) is 4.79 Å². The van der Waals surface area contributed by atoms with Gasteiger partial charge in [0.05, 0.1) is 5.69 Å². The van der Waals surface area contributed by atoms with Crippen molar-refractivity contribution >= 4 is 22.4 Å². The van der Waals surface area contributed by atoms with Gasteiger partial charge in [-0.1, -0.05) is 56.3 Å². The van der Waals surface area contributed by atoms with E-state index in [2.05, 4.69) is 41.5 Å². The number of carbonyl (C=O) groups excluding carboxylic acids is 1. The molecule has 2 aromatic carbocycles. The lowest BCUT2D eigenvalue weighted by Gasteiger charge is -2.16. The van der Waals surface area contributed by atoms with E-state index in [1.807, 2.05) is 42.6 Å². The normalized spacial score (nSPS) is 11.8. The van der Waals surface area contributed by atoms with E-state index in [1.165, 1.54) is 16.9 Å². The molecule has 3 aromatic rings. The van der Waals surface area contributed by atoms with Crippen molar-refractivity contribution in [2.45, 2.75) is 32.8 Å². The largest absolute Gasteiger partial charge is 0.481 e. The molecule has 0 fully saturated rings. The molecule has 1 unspecified atom stereocenters. The fourth-order valence-corrected chi connectivity index (χ4v) is 3.27. The standard InChI is InChI=1S/C21H22N2O2S/c1-3-15-10-12-16(13-11-15)18-14-26-21(22-18)23-20(24)19(4-2)25-17-8-6-5-7-9-17/h5-14,19H,3-4H2,1-2H3,(H,22,23,24). The number of thiazole rings is 1. The number of para-hydroxylation sites is 1. The van der Waals surface area contributed by atoms with Gasteiger partial charge in [-0.15, -0.1) is 11.3 Å². The van der Waals surface area contributed by atoms with E-state index < -0.39 is 6.10 Å². The number of anilines is 1. The highest BCUT2D eigenvalue weighted by Crippen LogP contribution is 2.25. The molecule has 0 saturated heterocycles. The lowest BCUT2D eigenvalue weighted by molar-refractivity contribution is -0.122. The summed E-state index contributed by atoms with van der Waals surface area (Å²) in [6.45, 7) is 4.06. The molecule has 26 heavy (non-hydrogen) atoms. The zero-order valence-corrected chi connectivity index (χ0v) is 15.8. The lowest BCUT2D eigenvalue weighted by Crippen LogP contribution is -2.32. The quantitative estimate of drug-likeness (QED) is 0.628. The number of hydrogen-bond acceptors (Lipinski definition) is 4. The molecular weight excluding hydrogens is 344 g/mol. The smallest absolute Gasteiger partial charge is 0.267 e. The van der Waals surface area contributed by atoms with Gasteiger partial charge in [0.2, 0.25) is 0 Å². The molecule has 0 aliphatic rings. The average Bonchev–Trinajstić information content (AvgIpc) is 3.15. The van der Waals surface area contributed by atoms with Gasteiger partial charge in [-0.05, 0) is 30.5 Å². The van der Waals surface area contributed by atoms with Crippen molar-refractivity contribution in [2.75, 3.05) is 5.32 Å². The van der Waals surface area contributed by atoms with Crippen LogP contribution in [0.15, 0.2) is 60.0 Å². The molecule has 4 nitrogen and oxygen atoms in total. The third-order valence-corrected chi connectivity index (χ3v) is 4.83. The second-order valence-electron chi connectivity index (χ2n) is 5.91. The minimum Gasteiger partial charge on any atom is -0.481 e. The van der Waals surface area contributed by atoms with Gasteiger partial charge < -0.3 is 4.74 Å². The van der Waals surface area contributed by atoms with Gasteiger partial charge in [0.25, 0.3) is 5.91 Å². The molecule has 1 aromatic heterocycles. The maximum absolute atomic E-state index is 12.5. The van der Waals surface area contributed by atoms with E-state index in [4.69, 9.17) is 4.74 Å². The van der Waals surface area contributed by atoms with Crippen LogP contribution in [0.25, 0.3) is 11.3 Å². The Morgan fingerprint density at radius 2 is 1.85 bits per heavy atom. The molecule has 1 atom stereocenters. The highest BCUT2D eigenvalue weighted by molar-refractivity contribution is 7.14. The van der Waals surface area contributed by atoms with Crippen molar-refractivity contribution in [2.24, 2.45) is 0 Å². The van der Waals surface area contributed by atoms with E-state index in [-0.39, 0.29) is 5.91 Å². The van der Waals surface area contributed by atoms with Crippen molar-refractivity contribution in [3.05, 3.63) is 65.5 Å². The SMILES string of the molecule is CCc1ccc(-c2csc(NC(=O)C(CC)Oc3ccccc3)n2)cc1. The number of aryl methyl sites for hydroxylation is 1. The van der Waals surface area contributed by atoms with Crippen LogP contribution < -0.4 is 10.1 Å². The molecule has 3 rings (SSSR count). The number of benzene rings is 2. The van der Waals surface area contributed by atoms with Crippen LogP contribution in [0.3, 0.4) is 0 Å². The minimum absolute atomic E-state index is 0.182. The van der Waals surface area contributed by atoms with Gasteiger partial charge in [-0.3, -0.25) is 10.1 Å². The number of nitrogens with one attached hydrogen (secondary N) is 1. The van der Waals surface area contributed by atoms with Crippen LogP contribution in [0, 0.1) is 0 Å². The van der Waals surface area contributed by atoms with Crippen LogP contribution >= 0.6 is 11.3 Å². The predicted molar refractivity (Wildman–Crippen MR) is 107 cm³/mol. The van der Waals surface area contributed by atoms with Crippen molar-refractivity contribution < 1.29 is 9.53 Å². The van der Waals surface area contributed by atoms with Gasteiger partial charge in [0.1, 0.15) is 5.75 Å². The number of amides is 1. The van der Waals surface area contributed by atoms with Crippen LogP contribution in [0.5, 0.6) is 5.75 Å². The Labute approximate surface area is 157 Å². The third-order valence-electron chi connectivity index (χ3n) is 4.08. The first-order valence-electron chi connectivity index (χ1n) is 8.77. The van der Waals surface area contributed by atoms with Crippen LogP contribution in [-0.4, -0.2) is 17.0 Å². The van der Waals surface area contributed by atoms with E-state index in [1.54, 1.807) is 0 Å². The van der Waals surface area contributed by atoms with Crippen molar-refractivity contribution in [3.8, 4) is 17.0 Å². The summed E-state index contributed by atoms with van der Waals surface area (Å²) in [4.78, 5) is 17.0. The molecule has 1 N–H and O–H groups in total. The van der Waals surface area contributed by atoms with Crippen molar-refractivity contribution in [1.29, 1.82) is 0 Å². The molecular formula is C21H22N2O2S. The predicted octanol–water partition coefficient (Wildman–Crippen LogP) is 5.17. The zero-order valence-electron chi connectivity index (χ0n) is 14.9. The highest BCUT2D eigenvalue weighted by Gasteiger charge is 2.19. The average molecular weight is 366 g/mol. The number of hydrogen-bond donors (Lipinski definition) is 1. The summed E-state index contributed by atoms with van der Waals surface area (Å²) in [6.07, 6.45) is 1.05. The van der Waals surface area contributed by atoms with Crippen LogP contribution in [0.4, 0.5) is 5.13 Å². The Morgan fingerprint density at radius 1 is 1.12 bits per heavy atom. The third kappa shape index (κ3) is 4.49. The fraction of sp³-hybridized carbons (Fsp3) is 0.238. The number of carbonyl (C=O) groups is 1. The lowest BCUT2D eigenvalue weighted by atomic mass is 10.1. The highest BCUT2D eigenvalue weighted by atomic mass is 32.1. The second kappa shape index (κ2) is 8.63. The molecule has 0 aliphatic heterocycles. The summed E-state index contributed by atoms with van der Waals surface area (Å²) in [6, 6.07) is 17.7. The van der Waals surface area contributed by atoms with Crippen LogP contribution in [0.2, 0.25) is 0 Å². The van der Waals surface area contributed by atoms with Gasteiger partial charge in [-0.2, -0.15) is 0 Å². The Morgan fingerprint density at radius 3 is 2.50 bits per heavy atom. The summed E-state index contributed by atoms with van der Waals surface area (Å²) < 4.78 is 5.78. The van der Waals surface area contributed by atoms with Gasteiger partial charge in [-0.25, -0.2) is 4.98 Å². The second-order valence-corrected chi connectivity index (χ2v) is 6.76. The van der Waals surface area contributed by atoms with Crippen molar-refractivity contribution in [3.63, 3.8) is 0 Å². The number of aromatic nitrogens is 1. The summed E-state index contributed by atoms with van der Waals surface area (Å²) >= 11 is 1.42. The summed E-state index contributed by atoms with van der Waals surface area (Å²) in [5.41, 5.74) is 3.21. The molecule has 0 bridgehead atoms. The fourth-order valence-electron chi connectivity index (χ4n) is 2.55. The molecule has 0 spiro atoms. The van der Waals surface area contributed by atoms with Gasteiger partial charge in [0.15, 0.2) is 11.2 Å². The summed E-state index contributed by atoms with van der Waals surface area (Å²) in [5.74, 6) is 0.504. The molecule has 1 heterocycles. The zero-order chi connectivity index (χ0) is 18.4. The maximum atomic E-state index is 12.5. The van der Waals surface area contributed by atoms with Gasteiger partial charge in [0, 0.05) is 10.9 Å².